The molecule has 0 saturated heterocycles. The van der Waals surface area contributed by atoms with Gasteiger partial charge in [-0.3, -0.25) is 10.1 Å². The average molecular weight is 487 g/mol. The Bertz CT molecular complexity index is 1290. The smallest absolute Gasteiger partial charge is 0.321 e. The molecule has 33 heavy (non-hydrogen) atoms. The number of nitrogens with one attached hydrogen (secondary N) is 2. The molecule has 1 aromatic heterocycles. The highest BCUT2D eigenvalue weighted by Gasteiger charge is 2.20. The summed E-state index contributed by atoms with van der Waals surface area (Å²) >= 11 is 12.3. The van der Waals surface area contributed by atoms with Crippen molar-refractivity contribution in [3.63, 3.8) is 0 Å². The SMILES string of the molecule is O=C(O)[C@H](Cc1c[nH]c2ccccc12)NCc1cc(Cl)ccc1OCc1ccc(F)cc1Cl. The highest BCUT2D eigenvalue weighted by molar-refractivity contribution is 6.31. The van der Waals surface area contributed by atoms with E-state index in [1.807, 2.05) is 30.5 Å². The molecule has 0 aliphatic carbocycles. The first-order valence-electron chi connectivity index (χ1n) is 10.3. The van der Waals surface area contributed by atoms with Crippen molar-refractivity contribution in [2.75, 3.05) is 0 Å². The maximum Gasteiger partial charge on any atom is 0.321 e. The van der Waals surface area contributed by atoms with Crippen LogP contribution < -0.4 is 10.1 Å². The summed E-state index contributed by atoms with van der Waals surface area (Å²) in [6.07, 6.45) is 2.14. The highest BCUT2D eigenvalue weighted by Crippen LogP contribution is 2.26. The summed E-state index contributed by atoms with van der Waals surface area (Å²) in [5.41, 5.74) is 3.21. The standard InChI is InChI=1S/C25H21Cl2FN2O3/c26-18-6-8-24(33-14-15-5-7-19(28)11-21(15)27)17(9-18)13-30-23(25(31)32)10-16-12-29-22-4-2-1-3-20(16)22/h1-9,11-12,23,29-30H,10,13-14H2,(H,31,32)/t23-/m0/s1. The Kier molecular flexibility index (Phi) is 7.18. The summed E-state index contributed by atoms with van der Waals surface area (Å²) in [5, 5.41) is 14.6. The molecule has 0 fully saturated rings. The number of halogens is 3. The number of aromatic nitrogens is 1. The molecule has 5 nitrogen and oxygen atoms in total. The van der Waals surface area contributed by atoms with Crippen LogP contribution in [0, 0.1) is 5.82 Å². The molecule has 0 amide bonds. The minimum atomic E-state index is -0.956. The Balaban J connectivity index is 1.47. The van der Waals surface area contributed by atoms with Crippen molar-refractivity contribution in [1.29, 1.82) is 0 Å². The third kappa shape index (κ3) is 5.66. The van der Waals surface area contributed by atoms with Crippen LogP contribution in [-0.2, 0) is 24.4 Å². The van der Waals surface area contributed by atoms with E-state index in [1.54, 1.807) is 24.3 Å². The minimum absolute atomic E-state index is 0.130. The van der Waals surface area contributed by atoms with Crippen molar-refractivity contribution in [1.82, 2.24) is 10.3 Å². The molecule has 3 aromatic carbocycles. The van der Waals surface area contributed by atoms with Crippen LogP contribution in [0.1, 0.15) is 16.7 Å². The van der Waals surface area contributed by atoms with Gasteiger partial charge in [-0.15, -0.1) is 0 Å². The first kappa shape index (κ1) is 23.1. The number of aromatic amines is 1. The van der Waals surface area contributed by atoms with Crippen LogP contribution in [0.15, 0.2) is 66.9 Å². The number of ether oxygens (including phenoxy) is 1. The molecule has 0 bridgehead atoms. The Morgan fingerprint density at radius 3 is 2.67 bits per heavy atom. The lowest BCUT2D eigenvalue weighted by Crippen LogP contribution is -2.38. The number of carboxylic acids is 1. The average Bonchev–Trinajstić information content (AvgIpc) is 3.19. The lowest BCUT2D eigenvalue weighted by Gasteiger charge is -2.17. The van der Waals surface area contributed by atoms with E-state index in [9.17, 15) is 14.3 Å². The molecule has 1 heterocycles. The van der Waals surface area contributed by atoms with Crippen molar-refractivity contribution >= 4 is 40.1 Å². The number of para-hydroxylation sites is 1. The fraction of sp³-hybridized carbons (Fsp3) is 0.160. The van der Waals surface area contributed by atoms with Gasteiger partial charge in [0.25, 0.3) is 0 Å². The van der Waals surface area contributed by atoms with E-state index >= 15 is 0 Å². The van der Waals surface area contributed by atoms with Gasteiger partial charge < -0.3 is 14.8 Å². The molecular formula is C25H21Cl2FN2O3. The first-order chi connectivity index (χ1) is 15.9. The van der Waals surface area contributed by atoms with E-state index in [4.69, 9.17) is 27.9 Å². The van der Waals surface area contributed by atoms with Crippen LogP contribution in [0.5, 0.6) is 5.75 Å². The molecule has 4 aromatic rings. The second-order valence-electron chi connectivity index (χ2n) is 7.61. The number of H-pyrrole nitrogens is 1. The molecule has 0 spiro atoms. The van der Waals surface area contributed by atoms with Gasteiger partial charge in [-0.1, -0.05) is 47.5 Å². The van der Waals surface area contributed by atoms with Gasteiger partial charge in [0.05, 0.1) is 5.02 Å². The Labute approximate surface area is 200 Å². The van der Waals surface area contributed by atoms with Crippen molar-refractivity contribution in [2.45, 2.75) is 25.6 Å². The van der Waals surface area contributed by atoms with Gasteiger partial charge >= 0.3 is 5.97 Å². The van der Waals surface area contributed by atoms with Crippen molar-refractivity contribution < 1.29 is 19.0 Å². The van der Waals surface area contributed by atoms with Crippen LogP contribution in [0.25, 0.3) is 10.9 Å². The third-order valence-electron chi connectivity index (χ3n) is 5.36. The molecule has 0 saturated carbocycles. The van der Waals surface area contributed by atoms with E-state index < -0.39 is 17.8 Å². The Morgan fingerprint density at radius 1 is 1.06 bits per heavy atom. The van der Waals surface area contributed by atoms with Gasteiger partial charge in [-0.25, -0.2) is 4.39 Å². The molecule has 0 radical (unpaired) electrons. The number of carbonyl (C=O) groups is 1. The zero-order valence-electron chi connectivity index (χ0n) is 17.4. The van der Waals surface area contributed by atoms with Crippen molar-refractivity contribution in [2.24, 2.45) is 0 Å². The summed E-state index contributed by atoms with van der Waals surface area (Å²) < 4.78 is 19.2. The number of aliphatic carboxylic acids is 1. The van der Waals surface area contributed by atoms with Gasteiger partial charge in [0.1, 0.15) is 24.2 Å². The number of hydrogen-bond donors (Lipinski definition) is 3. The van der Waals surface area contributed by atoms with Crippen LogP contribution >= 0.6 is 23.2 Å². The fourth-order valence-corrected chi connectivity index (χ4v) is 4.04. The highest BCUT2D eigenvalue weighted by atomic mass is 35.5. The van der Waals surface area contributed by atoms with E-state index in [2.05, 4.69) is 10.3 Å². The van der Waals surface area contributed by atoms with E-state index in [0.717, 1.165) is 16.5 Å². The number of benzene rings is 3. The van der Waals surface area contributed by atoms with Gasteiger partial charge in [-0.05, 0) is 42.0 Å². The second-order valence-corrected chi connectivity index (χ2v) is 8.46. The largest absolute Gasteiger partial charge is 0.489 e. The van der Waals surface area contributed by atoms with Crippen LogP contribution in [-0.4, -0.2) is 22.1 Å². The molecule has 170 valence electrons. The zero-order valence-corrected chi connectivity index (χ0v) is 19.0. The van der Waals surface area contributed by atoms with Crippen LogP contribution in [0.4, 0.5) is 4.39 Å². The number of fused-ring (bicyclic) bond motifs is 1. The zero-order chi connectivity index (χ0) is 23.4. The van der Waals surface area contributed by atoms with E-state index in [-0.39, 0.29) is 18.2 Å². The summed E-state index contributed by atoms with van der Waals surface area (Å²) in [5.74, 6) is -0.846. The molecule has 0 aliphatic rings. The van der Waals surface area contributed by atoms with Crippen LogP contribution in [0.2, 0.25) is 10.0 Å². The third-order valence-corrected chi connectivity index (χ3v) is 5.94. The van der Waals surface area contributed by atoms with Gasteiger partial charge in [-0.2, -0.15) is 0 Å². The molecule has 8 heteroatoms. The topological polar surface area (TPSA) is 74.3 Å². The number of rotatable bonds is 9. The lowest BCUT2D eigenvalue weighted by molar-refractivity contribution is -0.139. The van der Waals surface area contributed by atoms with Crippen LogP contribution in [0.3, 0.4) is 0 Å². The molecule has 4 rings (SSSR count). The van der Waals surface area contributed by atoms with E-state index in [1.165, 1.54) is 12.1 Å². The molecular weight excluding hydrogens is 466 g/mol. The quantitative estimate of drug-likeness (QED) is 0.272. The summed E-state index contributed by atoms with van der Waals surface area (Å²) in [4.78, 5) is 15.1. The maximum atomic E-state index is 13.3. The lowest BCUT2D eigenvalue weighted by atomic mass is 10.0. The molecule has 0 unspecified atom stereocenters. The summed E-state index contributed by atoms with van der Waals surface area (Å²) in [7, 11) is 0. The van der Waals surface area contributed by atoms with Crippen molar-refractivity contribution in [3.8, 4) is 5.75 Å². The minimum Gasteiger partial charge on any atom is -0.489 e. The Morgan fingerprint density at radius 2 is 1.88 bits per heavy atom. The predicted octanol–water partition coefficient (Wildman–Crippen LogP) is 5.98. The second kappa shape index (κ2) is 10.3. The fourth-order valence-electron chi connectivity index (χ4n) is 3.62. The normalized spacial score (nSPS) is 12.1. The summed E-state index contributed by atoms with van der Waals surface area (Å²) in [6, 6.07) is 16.2. The predicted molar refractivity (Wildman–Crippen MR) is 127 cm³/mol. The van der Waals surface area contributed by atoms with Crippen molar-refractivity contribution in [3.05, 3.63) is 99.4 Å². The van der Waals surface area contributed by atoms with Gasteiger partial charge in [0, 0.05) is 46.2 Å². The maximum absolute atomic E-state index is 13.3. The molecule has 3 N–H and O–H groups in total. The molecule has 0 aliphatic heterocycles. The summed E-state index contributed by atoms with van der Waals surface area (Å²) in [6.45, 7) is 0.359. The monoisotopic (exact) mass is 486 g/mol. The van der Waals surface area contributed by atoms with Gasteiger partial charge in [0.15, 0.2) is 0 Å². The number of carboxylic acid groups (broad SMARTS) is 1. The first-order valence-corrected chi connectivity index (χ1v) is 11.0. The van der Waals surface area contributed by atoms with Gasteiger partial charge in [0.2, 0.25) is 0 Å². The molecule has 1 atom stereocenters. The Hall–Kier alpha value is -3.06. The number of hydrogen-bond acceptors (Lipinski definition) is 3. The van der Waals surface area contributed by atoms with E-state index in [0.29, 0.717) is 28.3 Å².